The lowest BCUT2D eigenvalue weighted by molar-refractivity contribution is -0.141. The van der Waals surface area contributed by atoms with Crippen molar-refractivity contribution in [1.29, 1.82) is 0 Å². The summed E-state index contributed by atoms with van der Waals surface area (Å²) in [6, 6.07) is -0.846. The Kier molecular flexibility index (Phi) is 5.78. The van der Waals surface area contributed by atoms with Crippen LogP contribution in [0.1, 0.15) is 20.3 Å². The third-order valence-electron chi connectivity index (χ3n) is 3.03. The number of thioether (sulfide) groups is 1. The lowest BCUT2D eigenvalue weighted by atomic mass is 10.1. The molecule has 104 valence electrons. The van der Waals surface area contributed by atoms with Crippen molar-refractivity contribution in [3.05, 3.63) is 0 Å². The van der Waals surface area contributed by atoms with E-state index in [4.69, 9.17) is 5.11 Å². The van der Waals surface area contributed by atoms with Gasteiger partial charge in [0, 0.05) is 31.6 Å². The van der Waals surface area contributed by atoms with E-state index in [1.165, 1.54) is 4.90 Å². The van der Waals surface area contributed by atoms with Crippen LogP contribution in [-0.2, 0) is 4.79 Å². The van der Waals surface area contributed by atoms with E-state index < -0.39 is 12.0 Å². The van der Waals surface area contributed by atoms with Gasteiger partial charge in [-0.25, -0.2) is 9.59 Å². The van der Waals surface area contributed by atoms with E-state index in [0.717, 1.165) is 12.2 Å². The highest BCUT2D eigenvalue weighted by Gasteiger charge is 2.33. The van der Waals surface area contributed by atoms with E-state index in [1.807, 2.05) is 0 Å². The molecule has 1 rings (SSSR count). The molecule has 0 aromatic rings. The molecule has 0 saturated carbocycles. The molecule has 1 saturated heterocycles. The Bertz CT molecular complexity index is 310. The number of carboxylic acid groups (broad SMARTS) is 1. The molecule has 0 radical (unpaired) electrons. The van der Waals surface area contributed by atoms with Crippen molar-refractivity contribution in [2.24, 2.45) is 5.92 Å². The van der Waals surface area contributed by atoms with Gasteiger partial charge in [0.15, 0.2) is 0 Å². The minimum atomic E-state index is -0.909. The van der Waals surface area contributed by atoms with Crippen LogP contribution in [0.2, 0.25) is 0 Å². The standard InChI is InChI=1S/C12H22N2O3S/c1-9(2)4-5-13(3)12(17)14-6-7-18-8-10(14)11(15)16/h9-10H,4-8H2,1-3H3,(H,15,16). The number of aliphatic carboxylic acids is 1. The Balaban J connectivity index is 2.59. The van der Waals surface area contributed by atoms with E-state index >= 15 is 0 Å². The van der Waals surface area contributed by atoms with Crippen LogP contribution in [0.25, 0.3) is 0 Å². The zero-order chi connectivity index (χ0) is 13.7. The Morgan fingerprint density at radius 2 is 2.17 bits per heavy atom. The lowest BCUT2D eigenvalue weighted by Crippen LogP contribution is -2.54. The van der Waals surface area contributed by atoms with Crippen LogP contribution in [-0.4, -0.2) is 64.6 Å². The molecule has 1 aliphatic rings. The summed E-state index contributed by atoms with van der Waals surface area (Å²) in [6.45, 7) is 5.41. The smallest absolute Gasteiger partial charge is 0.327 e. The van der Waals surface area contributed by atoms with Gasteiger partial charge in [0.25, 0.3) is 0 Å². The van der Waals surface area contributed by atoms with Crippen molar-refractivity contribution >= 4 is 23.8 Å². The zero-order valence-electron chi connectivity index (χ0n) is 11.3. The summed E-state index contributed by atoms with van der Waals surface area (Å²) >= 11 is 1.59. The minimum Gasteiger partial charge on any atom is -0.480 e. The van der Waals surface area contributed by atoms with Crippen LogP contribution in [0, 0.1) is 5.92 Å². The minimum absolute atomic E-state index is 0.164. The van der Waals surface area contributed by atoms with Crippen molar-refractivity contribution in [3.63, 3.8) is 0 Å². The van der Waals surface area contributed by atoms with Crippen molar-refractivity contribution in [3.8, 4) is 0 Å². The summed E-state index contributed by atoms with van der Waals surface area (Å²) in [6.07, 6.45) is 0.933. The van der Waals surface area contributed by atoms with Crippen molar-refractivity contribution in [1.82, 2.24) is 9.80 Å². The predicted molar refractivity (Wildman–Crippen MR) is 72.9 cm³/mol. The summed E-state index contributed by atoms with van der Waals surface area (Å²) in [4.78, 5) is 26.5. The molecule has 6 heteroatoms. The third kappa shape index (κ3) is 4.08. The van der Waals surface area contributed by atoms with Crippen molar-refractivity contribution in [2.45, 2.75) is 26.3 Å². The number of hydrogen-bond acceptors (Lipinski definition) is 3. The van der Waals surface area contributed by atoms with Gasteiger partial charge in [-0.2, -0.15) is 11.8 Å². The summed E-state index contributed by atoms with van der Waals surface area (Å²) in [5, 5.41) is 9.13. The highest BCUT2D eigenvalue weighted by atomic mass is 32.2. The quantitative estimate of drug-likeness (QED) is 0.845. The molecule has 0 aromatic heterocycles. The largest absolute Gasteiger partial charge is 0.480 e. The summed E-state index contributed by atoms with van der Waals surface area (Å²) in [7, 11) is 1.74. The molecule has 1 N–H and O–H groups in total. The maximum absolute atomic E-state index is 12.2. The Labute approximate surface area is 113 Å². The number of nitrogens with zero attached hydrogens (tertiary/aromatic N) is 2. The first kappa shape index (κ1) is 15.1. The highest BCUT2D eigenvalue weighted by Crippen LogP contribution is 2.18. The number of amides is 2. The molecule has 1 aliphatic heterocycles. The zero-order valence-corrected chi connectivity index (χ0v) is 12.1. The van der Waals surface area contributed by atoms with E-state index in [9.17, 15) is 9.59 Å². The van der Waals surface area contributed by atoms with Crippen LogP contribution in [0.5, 0.6) is 0 Å². The number of urea groups is 1. The second-order valence-corrected chi connectivity index (χ2v) is 6.16. The fourth-order valence-corrected chi connectivity index (χ4v) is 2.84. The molecule has 1 heterocycles. The average molecular weight is 274 g/mol. The van der Waals surface area contributed by atoms with E-state index in [-0.39, 0.29) is 6.03 Å². The van der Waals surface area contributed by atoms with Crippen LogP contribution in [0.4, 0.5) is 4.79 Å². The van der Waals surface area contributed by atoms with Crippen molar-refractivity contribution < 1.29 is 14.7 Å². The maximum Gasteiger partial charge on any atom is 0.327 e. The topological polar surface area (TPSA) is 60.9 Å². The highest BCUT2D eigenvalue weighted by molar-refractivity contribution is 7.99. The van der Waals surface area contributed by atoms with Gasteiger partial charge in [-0.15, -0.1) is 0 Å². The van der Waals surface area contributed by atoms with Crippen LogP contribution < -0.4 is 0 Å². The maximum atomic E-state index is 12.2. The molecule has 0 aromatic carbocycles. The molecule has 1 atom stereocenters. The second-order valence-electron chi connectivity index (χ2n) is 5.01. The van der Waals surface area contributed by atoms with Crippen LogP contribution in [0.15, 0.2) is 0 Å². The van der Waals surface area contributed by atoms with E-state index in [2.05, 4.69) is 13.8 Å². The number of carbonyl (C=O) groups is 2. The van der Waals surface area contributed by atoms with Crippen LogP contribution in [0.3, 0.4) is 0 Å². The second kappa shape index (κ2) is 6.87. The summed E-state index contributed by atoms with van der Waals surface area (Å²) in [5.41, 5.74) is 0. The molecular formula is C12H22N2O3S. The third-order valence-corrected chi connectivity index (χ3v) is 4.05. The monoisotopic (exact) mass is 274 g/mol. The number of hydrogen-bond donors (Lipinski definition) is 1. The van der Waals surface area contributed by atoms with Gasteiger partial charge in [-0.1, -0.05) is 13.8 Å². The Morgan fingerprint density at radius 3 is 2.72 bits per heavy atom. The average Bonchev–Trinajstić information content (AvgIpc) is 2.34. The van der Waals surface area contributed by atoms with E-state index in [0.29, 0.717) is 24.8 Å². The fourth-order valence-electron chi connectivity index (χ4n) is 1.80. The van der Waals surface area contributed by atoms with Crippen LogP contribution >= 0.6 is 11.8 Å². The van der Waals surface area contributed by atoms with Crippen molar-refractivity contribution in [2.75, 3.05) is 31.6 Å². The summed E-state index contributed by atoms with van der Waals surface area (Å²) < 4.78 is 0. The van der Waals surface area contributed by atoms with E-state index in [1.54, 1.807) is 23.7 Å². The molecule has 1 unspecified atom stereocenters. The van der Waals surface area contributed by atoms with Gasteiger partial charge in [-0.3, -0.25) is 0 Å². The first-order chi connectivity index (χ1) is 8.43. The lowest BCUT2D eigenvalue weighted by Gasteiger charge is -2.35. The number of carbonyl (C=O) groups excluding carboxylic acids is 1. The molecule has 0 bridgehead atoms. The molecule has 18 heavy (non-hydrogen) atoms. The normalized spacial score (nSPS) is 20.0. The van der Waals surface area contributed by atoms with Gasteiger partial charge in [0.05, 0.1) is 0 Å². The number of carboxylic acids is 1. The molecule has 2 amide bonds. The Morgan fingerprint density at radius 1 is 1.50 bits per heavy atom. The van der Waals surface area contributed by atoms with Gasteiger partial charge in [0.2, 0.25) is 0 Å². The fraction of sp³-hybridized carbons (Fsp3) is 0.833. The molecule has 1 fully saturated rings. The molecule has 5 nitrogen and oxygen atoms in total. The first-order valence-corrected chi connectivity index (χ1v) is 7.41. The SMILES string of the molecule is CC(C)CCN(C)C(=O)N1CCSCC1C(=O)O. The first-order valence-electron chi connectivity index (χ1n) is 6.25. The Hall–Kier alpha value is -0.910. The molecular weight excluding hydrogens is 252 g/mol. The summed E-state index contributed by atoms with van der Waals surface area (Å²) in [5.74, 6) is 0.923. The van der Waals surface area contributed by atoms with Gasteiger partial charge >= 0.3 is 12.0 Å². The predicted octanol–water partition coefficient (Wildman–Crippen LogP) is 1.59. The molecule has 0 spiro atoms. The van der Waals surface area contributed by atoms with Gasteiger partial charge in [-0.05, 0) is 12.3 Å². The molecule has 0 aliphatic carbocycles. The van der Waals surface area contributed by atoms with Gasteiger partial charge < -0.3 is 14.9 Å². The van der Waals surface area contributed by atoms with Gasteiger partial charge in [0.1, 0.15) is 6.04 Å². The number of rotatable bonds is 4.